The van der Waals surface area contributed by atoms with E-state index in [0.29, 0.717) is 23.4 Å². The van der Waals surface area contributed by atoms with Crippen molar-refractivity contribution in [1.29, 1.82) is 0 Å². The minimum absolute atomic E-state index is 0.0796. The second-order valence-electron chi connectivity index (χ2n) is 10.1. The van der Waals surface area contributed by atoms with E-state index in [-0.39, 0.29) is 18.4 Å². The third-order valence-corrected chi connectivity index (χ3v) is 8.26. The van der Waals surface area contributed by atoms with Gasteiger partial charge in [0.15, 0.2) is 5.13 Å². The lowest BCUT2D eigenvalue weighted by molar-refractivity contribution is -0.141. The van der Waals surface area contributed by atoms with Gasteiger partial charge in [0.2, 0.25) is 11.8 Å². The van der Waals surface area contributed by atoms with Gasteiger partial charge in [0, 0.05) is 40.7 Å². The summed E-state index contributed by atoms with van der Waals surface area (Å²) >= 11 is 1.45. The minimum Gasteiger partial charge on any atom is -0.481 e. The van der Waals surface area contributed by atoms with Crippen molar-refractivity contribution in [3.05, 3.63) is 48.0 Å². The van der Waals surface area contributed by atoms with Crippen LogP contribution in [-0.4, -0.2) is 40.1 Å². The number of carboxylic acids is 1. The first-order valence-corrected chi connectivity index (χ1v) is 14.0. The van der Waals surface area contributed by atoms with Crippen molar-refractivity contribution in [2.24, 2.45) is 11.8 Å². The van der Waals surface area contributed by atoms with Gasteiger partial charge in [-0.15, -0.1) is 11.3 Å². The SMILES string of the molecule is COc1ccc(-c2ccccc2-c2csc(N(C(=O)C(CC(=O)O)CC3CCCCC3)C3CC3)n2)cn1. The fourth-order valence-electron chi connectivity index (χ4n) is 5.38. The Labute approximate surface area is 221 Å². The predicted octanol–water partition coefficient (Wildman–Crippen LogP) is 6.44. The van der Waals surface area contributed by atoms with Crippen molar-refractivity contribution in [3.8, 4) is 28.3 Å². The van der Waals surface area contributed by atoms with Crippen molar-refractivity contribution >= 4 is 28.3 Å². The van der Waals surface area contributed by atoms with Crippen molar-refractivity contribution in [2.75, 3.05) is 12.0 Å². The van der Waals surface area contributed by atoms with Crippen molar-refractivity contribution in [2.45, 2.75) is 63.8 Å². The van der Waals surface area contributed by atoms with E-state index in [1.54, 1.807) is 13.3 Å². The van der Waals surface area contributed by atoms with Gasteiger partial charge in [-0.2, -0.15) is 0 Å². The first-order valence-electron chi connectivity index (χ1n) is 13.1. The van der Waals surface area contributed by atoms with Gasteiger partial charge in [-0.05, 0) is 36.8 Å². The highest BCUT2D eigenvalue weighted by Gasteiger charge is 2.40. The monoisotopic (exact) mass is 519 g/mol. The fourth-order valence-corrected chi connectivity index (χ4v) is 6.28. The molecular formula is C29H33N3O4S. The number of ether oxygens (including phenoxy) is 1. The molecule has 2 aliphatic rings. The summed E-state index contributed by atoms with van der Waals surface area (Å²) in [6.07, 6.45) is 9.93. The van der Waals surface area contributed by atoms with E-state index < -0.39 is 11.9 Å². The van der Waals surface area contributed by atoms with Crippen molar-refractivity contribution in [1.82, 2.24) is 9.97 Å². The lowest BCUT2D eigenvalue weighted by atomic mass is 9.81. The highest BCUT2D eigenvalue weighted by atomic mass is 32.1. The number of amides is 1. The summed E-state index contributed by atoms with van der Waals surface area (Å²) in [5.74, 6) is -0.512. The fraction of sp³-hybridized carbons (Fsp3) is 0.448. The number of nitrogens with zero attached hydrogens (tertiary/aromatic N) is 3. The van der Waals surface area contributed by atoms with Gasteiger partial charge in [-0.1, -0.05) is 56.4 Å². The molecule has 2 fully saturated rings. The average Bonchev–Trinajstić information content (AvgIpc) is 3.64. The number of carboxylic acid groups (broad SMARTS) is 1. The van der Waals surface area contributed by atoms with Crippen LogP contribution in [0.1, 0.15) is 57.8 Å². The Kier molecular flexibility index (Phi) is 7.84. The largest absolute Gasteiger partial charge is 0.481 e. The van der Waals surface area contributed by atoms with Crippen molar-refractivity contribution in [3.63, 3.8) is 0 Å². The molecule has 1 N–H and O–H groups in total. The zero-order valence-corrected chi connectivity index (χ0v) is 22.0. The van der Waals surface area contributed by atoms with Crippen LogP contribution in [-0.2, 0) is 9.59 Å². The summed E-state index contributed by atoms with van der Waals surface area (Å²) in [6.45, 7) is 0. The summed E-state index contributed by atoms with van der Waals surface area (Å²) in [6, 6.07) is 11.9. The molecule has 1 unspecified atom stereocenters. The molecule has 194 valence electrons. The zero-order chi connectivity index (χ0) is 25.8. The molecule has 3 aromatic rings. The van der Waals surface area contributed by atoms with Crippen LogP contribution in [0, 0.1) is 11.8 Å². The Balaban J connectivity index is 1.42. The average molecular weight is 520 g/mol. The summed E-state index contributed by atoms with van der Waals surface area (Å²) in [5, 5.41) is 12.2. The molecule has 5 rings (SSSR count). The first-order chi connectivity index (χ1) is 18.0. The van der Waals surface area contributed by atoms with E-state index in [1.807, 2.05) is 46.7 Å². The van der Waals surface area contributed by atoms with E-state index in [2.05, 4.69) is 4.98 Å². The number of pyridine rings is 1. The molecule has 7 nitrogen and oxygen atoms in total. The van der Waals surface area contributed by atoms with Crippen molar-refractivity contribution < 1.29 is 19.4 Å². The standard InChI is InChI=1S/C29H33N3O4S/c1-36-26-14-11-20(17-30-26)23-9-5-6-10-24(23)25-18-37-29(31-25)32(22-12-13-22)28(35)21(16-27(33)34)15-19-7-3-2-4-8-19/h5-6,9-11,14,17-19,21-22H,2-4,7-8,12-13,15-16H2,1H3,(H,33,34). The number of anilines is 1. The number of aliphatic carboxylic acids is 1. The summed E-state index contributed by atoms with van der Waals surface area (Å²) in [5.41, 5.74) is 3.71. The number of thiazole rings is 1. The second-order valence-corrected chi connectivity index (χ2v) is 11.0. The van der Waals surface area contributed by atoms with Crippen LogP contribution >= 0.6 is 11.3 Å². The number of benzene rings is 1. The molecule has 2 saturated carbocycles. The third-order valence-electron chi connectivity index (χ3n) is 7.42. The van der Waals surface area contributed by atoms with Gasteiger partial charge in [0.05, 0.1) is 19.2 Å². The molecule has 2 aromatic heterocycles. The Morgan fingerprint density at radius 3 is 2.49 bits per heavy atom. The van der Waals surface area contributed by atoms with Crippen LogP contribution in [0.5, 0.6) is 5.88 Å². The molecule has 1 atom stereocenters. The van der Waals surface area contributed by atoms with Gasteiger partial charge in [-0.25, -0.2) is 9.97 Å². The van der Waals surface area contributed by atoms with Crippen LogP contribution in [0.25, 0.3) is 22.4 Å². The van der Waals surface area contributed by atoms with Gasteiger partial charge in [-0.3, -0.25) is 14.5 Å². The number of rotatable bonds is 10. The quantitative estimate of drug-likeness (QED) is 0.331. The minimum atomic E-state index is -0.910. The van der Waals surface area contributed by atoms with Crippen LogP contribution in [0.2, 0.25) is 0 Å². The summed E-state index contributed by atoms with van der Waals surface area (Å²) in [7, 11) is 1.59. The number of carbonyl (C=O) groups excluding carboxylic acids is 1. The topological polar surface area (TPSA) is 92.6 Å². The molecule has 0 radical (unpaired) electrons. The molecule has 0 saturated heterocycles. The van der Waals surface area contributed by atoms with Gasteiger partial charge >= 0.3 is 5.97 Å². The normalized spacial score (nSPS) is 16.8. The number of aromatic nitrogens is 2. The first kappa shape index (κ1) is 25.4. The van der Waals surface area contributed by atoms with E-state index in [1.165, 1.54) is 30.6 Å². The van der Waals surface area contributed by atoms with Crippen LogP contribution in [0.15, 0.2) is 48.0 Å². The van der Waals surface area contributed by atoms with Gasteiger partial charge < -0.3 is 9.84 Å². The maximum atomic E-state index is 13.8. The Hall–Kier alpha value is -3.26. The maximum absolute atomic E-state index is 13.8. The molecule has 2 heterocycles. The van der Waals surface area contributed by atoms with Crippen LogP contribution < -0.4 is 9.64 Å². The van der Waals surface area contributed by atoms with E-state index in [4.69, 9.17) is 9.72 Å². The predicted molar refractivity (Wildman–Crippen MR) is 145 cm³/mol. The number of hydrogen-bond donors (Lipinski definition) is 1. The van der Waals surface area contributed by atoms with Gasteiger partial charge in [0.25, 0.3) is 0 Å². The Bertz CT molecular complexity index is 1230. The second kappa shape index (κ2) is 11.4. The number of carbonyl (C=O) groups is 2. The lowest BCUT2D eigenvalue weighted by Gasteiger charge is -2.29. The van der Waals surface area contributed by atoms with Crippen LogP contribution in [0.4, 0.5) is 5.13 Å². The summed E-state index contributed by atoms with van der Waals surface area (Å²) < 4.78 is 5.20. The molecule has 2 aliphatic carbocycles. The molecule has 8 heteroatoms. The highest BCUT2D eigenvalue weighted by molar-refractivity contribution is 7.14. The maximum Gasteiger partial charge on any atom is 0.304 e. The Morgan fingerprint density at radius 2 is 1.84 bits per heavy atom. The molecule has 1 aromatic carbocycles. The van der Waals surface area contributed by atoms with E-state index >= 15 is 0 Å². The molecule has 1 amide bonds. The smallest absolute Gasteiger partial charge is 0.304 e. The van der Waals surface area contributed by atoms with E-state index in [0.717, 1.165) is 48.1 Å². The molecule has 0 spiro atoms. The molecular weight excluding hydrogens is 486 g/mol. The lowest BCUT2D eigenvalue weighted by Crippen LogP contribution is -2.39. The molecule has 0 bridgehead atoms. The Morgan fingerprint density at radius 1 is 1.08 bits per heavy atom. The van der Waals surface area contributed by atoms with Gasteiger partial charge in [0.1, 0.15) is 0 Å². The molecule has 0 aliphatic heterocycles. The summed E-state index contributed by atoms with van der Waals surface area (Å²) in [4.78, 5) is 36.6. The van der Waals surface area contributed by atoms with Crippen LogP contribution in [0.3, 0.4) is 0 Å². The zero-order valence-electron chi connectivity index (χ0n) is 21.1. The number of hydrogen-bond acceptors (Lipinski definition) is 6. The number of methoxy groups -OCH3 is 1. The van der Waals surface area contributed by atoms with E-state index in [9.17, 15) is 14.7 Å². The molecule has 37 heavy (non-hydrogen) atoms. The highest BCUT2D eigenvalue weighted by Crippen LogP contribution is 2.40. The third kappa shape index (κ3) is 6.01.